The fourth-order valence-electron chi connectivity index (χ4n) is 3.23. The number of nitrogens with zero attached hydrogens (tertiary/aromatic N) is 2. The molecule has 7 nitrogen and oxygen atoms in total. The highest BCUT2D eigenvalue weighted by Gasteiger charge is 2.27. The Hall–Kier alpha value is -1.94. The summed E-state index contributed by atoms with van der Waals surface area (Å²) in [5, 5.41) is 1.97. The Labute approximate surface area is 175 Å². The number of hydrogen-bond donors (Lipinski definition) is 0. The van der Waals surface area contributed by atoms with E-state index in [2.05, 4.69) is 0 Å². The molecule has 1 fully saturated rings. The van der Waals surface area contributed by atoms with E-state index in [1.54, 1.807) is 22.3 Å². The highest BCUT2D eigenvalue weighted by molar-refractivity contribution is 7.89. The predicted molar refractivity (Wildman–Crippen MR) is 112 cm³/mol. The number of benzene rings is 1. The summed E-state index contributed by atoms with van der Waals surface area (Å²) in [4.78, 5) is 16.1. The van der Waals surface area contributed by atoms with Crippen LogP contribution in [0.3, 0.4) is 0 Å². The number of rotatable bonds is 8. The lowest BCUT2D eigenvalue weighted by Crippen LogP contribution is -2.37. The van der Waals surface area contributed by atoms with Crippen LogP contribution in [0.2, 0.25) is 0 Å². The van der Waals surface area contributed by atoms with Gasteiger partial charge in [0.25, 0.3) is 5.91 Å². The number of carbonyl (C=O) groups is 1. The summed E-state index contributed by atoms with van der Waals surface area (Å²) in [5.74, 6) is -0.0223. The van der Waals surface area contributed by atoms with Gasteiger partial charge in [-0.1, -0.05) is 6.07 Å². The summed E-state index contributed by atoms with van der Waals surface area (Å²) in [7, 11) is 0.546. The first-order valence-electron chi connectivity index (χ1n) is 9.36. The van der Waals surface area contributed by atoms with Gasteiger partial charge in [0.05, 0.1) is 19.8 Å². The van der Waals surface area contributed by atoms with Gasteiger partial charge in [-0.2, -0.15) is 0 Å². The van der Waals surface area contributed by atoms with E-state index in [-0.39, 0.29) is 22.7 Å². The first-order chi connectivity index (χ1) is 13.8. The summed E-state index contributed by atoms with van der Waals surface area (Å²) in [6.45, 7) is 1.64. The minimum Gasteiger partial charge on any atom is -0.495 e. The number of hydrogen-bond acceptors (Lipinski definition) is 6. The Kier molecular flexibility index (Phi) is 6.94. The number of ether oxygens (including phenoxy) is 2. The van der Waals surface area contributed by atoms with Crippen molar-refractivity contribution in [3.63, 3.8) is 0 Å². The second kappa shape index (κ2) is 9.25. The number of amides is 1. The van der Waals surface area contributed by atoms with Crippen LogP contribution in [-0.2, 0) is 21.3 Å². The normalized spacial score (nSPS) is 16.9. The Bertz CT molecular complexity index is 936. The first-order valence-corrected chi connectivity index (χ1v) is 11.7. The SMILES string of the molecule is COc1ccc(C(=O)N(Cc2cccs2)CC2CCCO2)cc1S(=O)(=O)N(C)C. The molecule has 2 heterocycles. The van der Waals surface area contributed by atoms with Crippen LogP contribution in [0.1, 0.15) is 28.1 Å². The van der Waals surface area contributed by atoms with E-state index in [9.17, 15) is 13.2 Å². The minimum absolute atomic E-state index is 0.00198. The quantitative estimate of drug-likeness (QED) is 0.634. The van der Waals surface area contributed by atoms with Gasteiger partial charge < -0.3 is 14.4 Å². The second-order valence-electron chi connectivity index (χ2n) is 7.05. The van der Waals surface area contributed by atoms with Crippen LogP contribution in [-0.4, -0.2) is 64.0 Å². The third-order valence-electron chi connectivity index (χ3n) is 4.83. The lowest BCUT2D eigenvalue weighted by Gasteiger charge is -2.25. The standard InChI is InChI=1S/C20H26N2O5S2/c1-21(2)29(24,25)19-12-15(8-9-18(19)26-3)20(23)22(13-16-6-4-10-27-16)14-17-7-5-11-28-17/h5,7-9,11-12,16H,4,6,10,13-14H2,1-3H3. The summed E-state index contributed by atoms with van der Waals surface area (Å²) >= 11 is 1.58. The van der Waals surface area contributed by atoms with E-state index in [0.717, 1.165) is 22.0 Å². The molecule has 29 heavy (non-hydrogen) atoms. The van der Waals surface area contributed by atoms with E-state index in [0.29, 0.717) is 25.3 Å². The van der Waals surface area contributed by atoms with Crippen LogP contribution in [0.25, 0.3) is 0 Å². The topological polar surface area (TPSA) is 76.1 Å². The largest absolute Gasteiger partial charge is 0.495 e. The van der Waals surface area contributed by atoms with Crippen LogP contribution in [0.5, 0.6) is 5.75 Å². The average Bonchev–Trinajstić information content (AvgIpc) is 3.40. The molecule has 1 aliphatic heterocycles. The highest BCUT2D eigenvalue weighted by atomic mass is 32.2. The van der Waals surface area contributed by atoms with Crippen molar-refractivity contribution >= 4 is 27.3 Å². The smallest absolute Gasteiger partial charge is 0.254 e. The third-order valence-corrected chi connectivity index (χ3v) is 7.53. The van der Waals surface area contributed by atoms with Crippen molar-refractivity contribution in [3.8, 4) is 5.75 Å². The molecule has 1 aliphatic rings. The van der Waals surface area contributed by atoms with Gasteiger partial charge in [0, 0.05) is 37.7 Å². The summed E-state index contributed by atoms with van der Waals surface area (Å²) in [6, 6.07) is 8.46. The van der Waals surface area contributed by atoms with Crippen LogP contribution < -0.4 is 4.74 Å². The van der Waals surface area contributed by atoms with Crippen LogP contribution in [0.4, 0.5) is 0 Å². The zero-order chi connectivity index (χ0) is 21.0. The van der Waals surface area contributed by atoms with Crippen molar-refractivity contribution in [3.05, 3.63) is 46.2 Å². The molecule has 9 heteroatoms. The fraction of sp³-hybridized carbons (Fsp3) is 0.450. The summed E-state index contributed by atoms with van der Waals surface area (Å²) in [5.41, 5.74) is 0.306. The molecule has 3 rings (SSSR count). The Morgan fingerprint density at radius 2 is 2.10 bits per heavy atom. The maximum atomic E-state index is 13.3. The maximum Gasteiger partial charge on any atom is 0.254 e. The Balaban J connectivity index is 1.93. The zero-order valence-electron chi connectivity index (χ0n) is 16.8. The number of carbonyl (C=O) groups excluding carboxylic acids is 1. The minimum atomic E-state index is -3.76. The first kappa shape index (κ1) is 21.8. The molecular formula is C20H26N2O5S2. The molecule has 0 bridgehead atoms. The van der Waals surface area contributed by atoms with E-state index in [1.807, 2.05) is 17.5 Å². The zero-order valence-corrected chi connectivity index (χ0v) is 18.5. The van der Waals surface area contributed by atoms with E-state index in [1.165, 1.54) is 33.3 Å². The molecule has 1 unspecified atom stereocenters. The van der Waals surface area contributed by atoms with Gasteiger partial charge in [-0.25, -0.2) is 12.7 Å². The Morgan fingerprint density at radius 1 is 1.31 bits per heavy atom. The van der Waals surface area contributed by atoms with E-state index >= 15 is 0 Å². The van der Waals surface area contributed by atoms with Gasteiger partial charge in [-0.15, -0.1) is 11.3 Å². The van der Waals surface area contributed by atoms with Crippen molar-refractivity contribution in [2.75, 3.05) is 34.4 Å². The predicted octanol–water partition coefficient (Wildman–Crippen LogP) is 2.83. The van der Waals surface area contributed by atoms with Crippen LogP contribution in [0.15, 0.2) is 40.6 Å². The van der Waals surface area contributed by atoms with Crippen molar-refractivity contribution in [2.24, 2.45) is 0 Å². The molecule has 158 valence electrons. The molecule has 1 aromatic heterocycles. The maximum absolute atomic E-state index is 13.3. The third kappa shape index (κ3) is 4.98. The van der Waals surface area contributed by atoms with Gasteiger partial charge >= 0.3 is 0 Å². The van der Waals surface area contributed by atoms with Crippen molar-refractivity contribution in [1.29, 1.82) is 0 Å². The Morgan fingerprint density at radius 3 is 2.69 bits per heavy atom. The van der Waals surface area contributed by atoms with Crippen molar-refractivity contribution in [2.45, 2.75) is 30.4 Å². The average molecular weight is 439 g/mol. The van der Waals surface area contributed by atoms with Crippen molar-refractivity contribution < 1.29 is 22.7 Å². The van der Waals surface area contributed by atoms with Gasteiger partial charge in [-0.3, -0.25) is 4.79 Å². The second-order valence-corrected chi connectivity index (χ2v) is 10.2. The lowest BCUT2D eigenvalue weighted by molar-refractivity contribution is 0.0509. The molecule has 0 aliphatic carbocycles. The van der Waals surface area contributed by atoms with Gasteiger partial charge in [0.2, 0.25) is 10.0 Å². The number of sulfonamides is 1. The van der Waals surface area contributed by atoms with Crippen LogP contribution in [0, 0.1) is 0 Å². The lowest BCUT2D eigenvalue weighted by atomic mass is 10.1. The fourth-order valence-corrected chi connectivity index (χ4v) is 5.03. The molecule has 0 N–H and O–H groups in total. The molecule has 1 atom stereocenters. The molecule has 2 aromatic rings. The molecule has 0 saturated carbocycles. The molecular weight excluding hydrogens is 412 g/mol. The van der Waals surface area contributed by atoms with Crippen LogP contribution >= 0.6 is 11.3 Å². The molecule has 1 amide bonds. The van der Waals surface area contributed by atoms with E-state index in [4.69, 9.17) is 9.47 Å². The van der Waals surface area contributed by atoms with Crippen molar-refractivity contribution in [1.82, 2.24) is 9.21 Å². The van der Waals surface area contributed by atoms with Gasteiger partial charge in [-0.05, 0) is 42.5 Å². The van der Waals surface area contributed by atoms with Gasteiger partial charge in [0.15, 0.2) is 0 Å². The molecule has 1 aromatic carbocycles. The van der Waals surface area contributed by atoms with Gasteiger partial charge in [0.1, 0.15) is 10.6 Å². The molecule has 0 spiro atoms. The summed E-state index contributed by atoms with van der Waals surface area (Å²) < 4.78 is 37.4. The monoisotopic (exact) mass is 438 g/mol. The summed E-state index contributed by atoms with van der Waals surface area (Å²) in [6.07, 6.45) is 1.90. The number of methoxy groups -OCH3 is 1. The number of thiophene rings is 1. The highest BCUT2D eigenvalue weighted by Crippen LogP contribution is 2.28. The molecule has 0 radical (unpaired) electrons. The van der Waals surface area contributed by atoms with E-state index < -0.39 is 10.0 Å². The molecule has 1 saturated heterocycles.